The van der Waals surface area contributed by atoms with E-state index in [9.17, 15) is 9.13 Å². The van der Waals surface area contributed by atoms with E-state index in [1.165, 1.54) is 6.20 Å². The second kappa shape index (κ2) is 4.88. The molecular formula is C9H11N2O5P2+. The summed E-state index contributed by atoms with van der Waals surface area (Å²) >= 11 is 0. The zero-order valence-electron chi connectivity index (χ0n) is 9.12. The molecule has 2 aromatic heterocycles. The minimum absolute atomic E-state index is 0.207. The largest absolute Gasteiger partial charge is 0.522 e. The molecule has 0 aliphatic carbocycles. The van der Waals surface area contributed by atoms with E-state index in [2.05, 4.69) is 4.98 Å². The first-order valence-electron chi connectivity index (χ1n) is 5.01. The van der Waals surface area contributed by atoms with Gasteiger partial charge in [-0.25, -0.2) is 4.98 Å². The van der Waals surface area contributed by atoms with Gasteiger partial charge in [0.25, 0.3) is 5.40 Å². The van der Waals surface area contributed by atoms with Crippen molar-refractivity contribution in [3.63, 3.8) is 0 Å². The van der Waals surface area contributed by atoms with Gasteiger partial charge in [-0.1, -0.05) is 6.07 Å². The van der Waals surface area contributed by atoms with Crippen molar-refractivity contribution >= 4 is 21.3 Å². The number of fused-ring (bicyclic) bond motifs is 1. The average molecular weight is 289 g/mol. The van der Waals surface area contributed by atoms with Gasteiger partial charge in [-0.15, -0.1) is 0 Å². The fraction of sp³-hybridized carbons (Fsp3) is 0.222. The Bertz CT molecular complexity index is 635. The monoisotopic (exact) mass is 289 g/mol. The molecule has 3 N–H and O–H groups in total. The van der Waals surface area contributed by atoms with Crippen LogP contribution in [-0.2, 0) is 15.6 Å². The topological polar surface area (TPSA) is 112 Å². The van der Waals surface area contributed by atoms with Crippen LogP contribution < -0.4 is 0 Å². The summed E-state index contributed by atoms with van der Waals surface area (Å²) in [6.07, 6.45) is 2.91. The Hall–Kier alpha value is -1.10. The number of aromatic nitrogens is 2. The Labute approximate surface area is 103 Å². The van der Waals surface area contributed by atoms with Crippen molar-refractivity contribution in [1.29, 1.82) is 0 Å². The number of hydrogen-bond donors (Lipinski definition) is 3. The summed E-state index contributed by atoms with van der Waals surface area (Å²) in [5, 5.41) is -1.60. The predicted octanol–water partition coefficient (Wildman–Crippen LogP) is 1.12. The maximum absolute atomic E-state index is 11.2. The van der Waals surface area contributed by atoms with Crippen molar-refractivity contribution in [2.75, 3.05) is 0 Å². The highest BCUT2D eigenvalue weighted by atomic mass is 31.2. The van der Waals surface area contributed by atoms with Crippen LogP contribution in [0.2, 0.25) is 0 Å². The molecule has 0 radical (unpaired) electrons. The van der Waals surface area contributed by atoms with Crippen molar-refractivity contribution in [3.8, 4) is 0 Å². The second-order valence-corrected chi connectivity index (χ2v) is 7.19. The van der Waals surface area contributed by atoms with Crippen LogP contribution in [0.1, 0.15) is 5.69 Å². The van der Waals surface area contributed by atoms with E-state index in [1.54, 1.807) is 28.8 Å². The molecule has 0 amide bonds. The minimum atomic E-state index is -4.63. The molecule has 18 heavy (non-hydrogen) atoms. The van der Waals surface area contributed by atoms with E-state index in [1.807, 2.05) is 0 Å². The third kappa shape index (κ3) is 2.66. The summed E-state index contributed by atoms with van der Waals surface area (Å²) in [6, 6.07) is 5.25. The molecule has 2 aromatic rings. The van der Waals surface area contributed by atoms with Gasteiger partial charge >= 0.3 is 15.6 Å². The lowest BCUT2D eigenvalue weighted by Crippen LogP contribution is -2.09. The molecule has 0 fully saturated rings. The van der Waals surface area contributed by atoms with Gasteiger partial charge in [-0.05, 0) is 16.7 Å². The van der Waals surface area contributed by atoms with Crippen LogP contribution in [-0.4, -0.2) is 29.5 Å². The van der Waals surface area contributed by atoms with Gasteiger partial charge in [0.2, 0.25) is 0 Å². The van der Waals surface area contributed by atoms with Gasteiger partial charge in [-0.2, -0.15) is 4.89 Å². The molecule has 7 nitrogen and oxygen atoms in total. The number of nitrogens with zero attached hydrogens (tertiary/aromatic N) is 2. The Kier molecular flexibility index (Phi) is 3.61. The van der Waals surface area contributed by atoms with Crippen LogP contribution in [0.4, 0.5) is 0 Å². The van der Waals surface area contributed by atoms with Crippen LogP contribution in [0.3, 0.4) is 0 Å². The van der Waals surface area contributed by atoms with Crippen molar-refractivity contribution in [3.05, 3.63) is 36.3 Å². The van der Waals surface area contributed by atoms with Crippen molar-refractivity contribution in [1.82, 2.24) is 9.38 Å². The molecule has 0 aromatic carbocycles. The van der Waals surface area contributed by atoms with Crippen LogP contribution in [0.5, 0.6) is 0 Å². The number of imidazole rings is 1. The zero-order chi connectivity index (χ0) is 13.3. The summed E-state index contributed by atoms with van der Waals surface area (Å²) in [7, 11) is -7.59. The van der Waals surface area contributed by atoms with Gasteiger partial charge in [0.1, 0.15) is 5.65 Å². The molecule has 9 heteroatoms. The molecule has 2 rings (SSSR count). The molecule has 0 spiro atoms. The van der Waals surface area contributed by atoms with Gasteiger partial charge in [-0.3, -0.25) is 4.57 Å². The SMILES string of the molecule is O=[P+](O)C(Cc1cnc2ccccn12)P(=O)(O)O. The van der Waals surface area contributed by atoms with Gasteiger partial charge in [0.05, 0.1) is 6.42 Å². The van der Waals surface area contributed by atoms with Gasteiger partial charge < -0.3 is 14.2 Å². The number of hydrogen-bond acceptors (Lipinski definition) is 3. The fourth-order valence-electron chi connectivity index (χ4n) is 1.65. The second-order valence-electron chi connectivity index (χ2n) is 3.75. The summed E-state index contributed by atoms with van der Waals surface area (Å²) in [5.74, 6) is 0. The van der Waals surface area contributed by atoms with Gasteiger partial charge in [0, 0.05) is 18.1 Å². The smallest absolute Gasteiger partial charge is 0.321 e. The first-order valence-corrected chi connectivity index (χ1v) is 7.97. The van der Waals surface area contributed by atoms with E-state index >= 15 is 0 Å². The highest BCUT2D eigenvalue weighted by molar-refractivity contribution is 7.65. The lowest BCUT2D eigenvalue weighted by Gasteiger charge is -2.06. The quantitative estimate of drug-likeness (QED) is 0.727. The molecule has 2 atom stereocenters. The van der Waals surface area contributed by atoms with Crippen LogP contribution in [0.15, 0.2) is 30.6 Å². The number of rotatable bonds is 4. The van der Waals surface area contributed by atoms with E-state index in [0.29, 0.717) is 11.3 Å². The Morgan fingerprint density at radius 2 is 2.17 bits per heavy atom. The molecule has 0 aliphatic heterocycles. The molecule has 0 saturated heterocycles. The van der Waals surface area contributed by atoms with Crippen molar-refractivity contribution < 1.29 is 23.8 Å². The Morgan fingerprint density at radius 3 is 2.78 bits per heavy atom. The Morgan fingerprint density at radius 1 is 1.44 bits per heavy atom. The first-order chi connectivity index (χ1) is 8.39. The average Bonchev–Trinajstić information content (AvgIpc) is 2.67. The fourth-order valence-corrected chi connectivity index (χ4v) is 3.45. The van der Waals surface area contributed by atoms with E-state index in [4.69, 9.17) is 14.7 Å². The number of pyridine rings is 1. The molecule has 2 unspecified atom stereocenters. The van der Waals surface area contributed by atoms with Gasteiger partial charge in [0.15, 0.2) is 0 Å². The highest BCUT2D eigenvalue weighted by Crippen LogP contribution is 2.52. The van der Waals surface area contributed by atoms with E-state index in [-0.39, 0.29) is 6.42 Å². The molecular weight excluding hydrogens is 278 g/mol. The van der Waals surface area contributed by atoms with E-state index in [0.717, 1.165) is 0 Å². The summed E-state index contributed by atoms with van der Waals surface area (Å²) in [4.78, 5) is 31.2. The van der Waals surface area contributed by atoms with Crippen molar-refractivity contribution in [2.24, 2.45) is 0 Å². The highest BCUT2D eigenvalue weighted by Gasteiger charge is 2.45. The van der Waals surface area contributed by atoms with Crippen LogP contribution in [0.25, 0.3) is 5.65 Å². The predicted molar refractivity (Wildman–Crippen MR) is 64.6 cm³/mol. The lowest BCUT2D eigenvalue weighted by atomic mass is 10.3. The molecule has 2 heterocycles. The summed E-state index contributed by atoms with van der Waals surface area (Å²) in [5.41, 5.74) is 1.10. The third-order valence-corrected chi connectivity index (χ3v) is 5.68. The zero-order valence-corrected chi connectivity index (χ0v) is 10.9. The normalized spacial score (nSPS) is 14.7. The molecule has 96 valence electrons. The molecule has 0 bridgehead atoms. The standard InChI is InChI=1S/C9H10N2O5P2/c12-17(13)9(18(14,15)16)5-7-6-10-8-3-1-2-4-11(7)8/h1-4,6,9H,5H2,(H2-,12,13,14,15,16)/p+1. The summed E-state index contributed by atoms with van der Waals surface area (Å²) < 4.78 is 23.8. The summed E-state index contributed by atoms with van der Waals surface area (Å²) in [6.45, 7) is 0. The third-order valence-electron chi connectivity index (χ3n) is 2.53. The minimum Gasteiger partial charge on any atom is -0.321 e. The van der Waals surface area contributed by atoms with Crippen molar-refractivity contribution in [2.45, 2.75) is 11.8 Å². The van der Waals surface area contributed by atoms with E-state index < -0.39 is 21.0 Å². The molecule has 0 aliphatic rings. The van der Waals surface area contributed by atoms with Crippen LogP contribution in [0, 0.1) is 0 Å². The lowest BCUT2D eigenvalue weighted by molar-refractivity contribution is 0.364. The Balaban J connectivity index is 2.38. The maximum atomic E-state index is 11.2. The first kappa shape index (κ1) is 13.3. The maximum Gasteiger partial charge on any atom is 0.522 e. The molecule has 0 saturated carbocycles. The van der Waals surface area contributed by atoms with Crippen LogP contribution >= 0.6 is 15.6 Å².